The molecule has 0 bridgehead atoms. The fraction of sp³-hybridized carbons (Fsp3) is 1.00. The SMILES string of the molecule is CC(Cl)C(Cl)(P(C1CCCCC1)C1CCCCC1)P(C1CCCCC1)C1CCCCC1.[Pd+2]. The van der Waals surface area contributed by atoms with Gasteiger partial charge in [-0.05, 0) is 80.9 Å². The maximum atomic E-state index is 8.27. The molecule has 0 spiro atoms. The van der Waals surface area contributed by atoms with Gasteiger partial charge in [0.2, 0.25) is 0 Å². The molecule has 0 aromatic rings. The number of hydrogen-bond donors (Lipinski definition) is 0. The molecule has 0 aromatic heterocycles. The van der Waals surface area contributed by atoms with Gasteiger partial charge in [0.15, 0.2) is 0 Å². The predicted molar refractivity (Wildman–Crippen MR) is 145 cm³/mol. The van der Waals surface area contributed by atoms with Crippen molar-refractivity contribution < 1.29 is 20.4 Å². The maximum absolute atomic E-state index is 8.27. The molecule has 0 aromatic carbocycles. The van der Waals surface area contributed by atoms with Crippen molar-refractivity contribution in [1.29, 1.82) is 0 Å². The van der Waals surface area contributed by atoms with Gasteiger partial charge >= 0.3 is 20.4 Å². The van der Waals surface area contributed by atoms with E-state index in [4.69, 9.17) is 23.2 Å². The molecule has 4 aliphatic rings. The van der Waals surface area contributed by atoms with Crippen LogP contribution in [0.25, 0.3) is 0 Å². The Morgan fingerprint density at radius 3 is 0.938 bits per heavy atom. The first-order chi connectivity index (χ1) is 15.1. The third-order valence-electron chi connectivity index (χ3n) is 9.10. The van der Waals surface area contributed by atoms with Crippen molar-refractivity contribution in [1.82, 2.24) is 0 Å². The Morgan fingerprint density at radius 1 is 0.531 bits per heavy atom. The first-order valence-electron chi connectivity index (χ1n) is 14.0. The molecule has 4 rings (SSSR count). The molecule has 1 unspecified atom stereocenters. The van der Waals surface area contributed by atoms with Crippen LogP contribution in [0.5, 0.6) is 0 Å². The molecule has 0 heterocycles. The van der Waals surface area contributed by atoms with Crippen molar-refractivity contribution in [3.8, 4) is 0 Å². The standard InChI is InChI=1S/C27H48Cl2P2.Pd/c1-22(28)27(29,30(23-14-6-2-7-15-23)24-16-8-3-9-17-24)31(25-18-10-4-11-19-25)26-20-12-5-13-21-26;/h22-26H,2-21H2,1H3;/q;+2. The van der Waals surface area contributed by atoms with Crippen molar-refractivity contribution in [2.75, 3.05) is 0 Å². The van der Waals surface area contributed by atoms with Crippen LogP contribution in [0, 0.1) is 0 Å². The number of hydrogen-bond acceptors (Lipinski definition) is 0. The Balaban J connectivity index is 0.00000289. The van der Waals surface area contributed by atoms with E-state index in [1.54, 1.807) is 0 Å². The Hall–Kier alpha value is 2.10. The van der Waals surface area contributed by atoms with Crippen LogP contribution in [0.15, 0.2) is 0 Å². The molecular weight excluding hydrogens is 564 g/mol. The van der Waals surface area contributed by atoms with Gasteiger partial charge in [0, 0.05) is 0 Å². The summed E-state index contributed by atoms with van der Waals surface area (Å²) < 4.78 is -0.0692. The minimum absolute atomic E-state index is 0. The van der Waals surface area contributed by atoms with E-state index in [1.165, 1.54) is 128 Å². The fourth-order valence-corrected chi connectivity index (χ4v) is 20.7. The fourth-order valence-electron chi connectivity index (χ4n) is 7.60. The summed E-state index contributed by atoms with van der Waals surface area (Å²) in [5.41, 5.74) is 3.62. The van der Waals surface area contributed by atoms with Crippen molar-refractivity contribution in [3.63, 3.8) is 0 Å². The van der Waals surface area contributed by atoms with Crippen molar-refractivity contribution in [2.24, 2.45) is 0 Å². The van der Waals surface area contributed by atoms with Gasteiger partial charge in [0.25, 0.3) is 0 Å². The van der Waals surface area contributed by atoms with Crippen molar-refractivity contribution >= 4 is 39.0 Å². The number of halogens is 2. The van der Waals surface area contributed by atoms with E-state index < -0.39 is 0 Å². The van der Waals surface area contributed by atoms with Crippen LogP contribution in [0.4, 0.5) is 0 Å². The largest absolute Gasteiger partial charge is 2.00 e. The second-order valence-electron chi connectivity index (χ2n) is 11.2. The maximum Gasteiger partial charge on any atom is 2.00 e. The van der Waals surface area contributed by atoms with Crippen LogP contribution in [-0.4, -0.2) is 32.4 Å². The minimum atomic E-state index is -0.209. The zero-order chi connectivity index (χ0) is 21.7. The van der Waals surface area contributed by atoms with Crippen LogP contribution >= 0.6 is 39.0 Å². The molecule has 0 nitrogen and oxygen atoms in total. The third kappa shape index (κ3) is 6.70. The van der Waals surface area contributed by atoms with E-state index in [2.05, 4.69) is 6.92 Å². The van der Waals surface area contributed by atoms with Crippen molar-refractivity contribution in [3.05, 3.63) is 0 Å². The van der Waals surface area contributed by atoms with Crippen LogP contribution in [0.1, 0.15) is 135 Å². The smallest absolute Gasteiger partial charge is 0.121 e. The topological polar surface area (TPSA) is 0 Å². The molecule has 4 fully saturated rings. The molecule has 4 saturated carbocycles. The Labute approximate surface area is 226 Å². The van der Waals surface area contributed by atoms with Crippen LogP contribution in [-0.2, 0) is 20.4 Å². The van der Waals surface area contributed by atoms with Gasteiger partial charge < -0.3 is 0 Å². The van der Waals surface area contributed by atoms with Crippen LogP contribution in [0.2, 0.25) is 0 Å². The van der Waals surface area contributed by atoms with Gasteiger partial charge in [-0.25, -0.2) is 0 Å². The summed E-state index contributed by atoms with van der Waals surface area (Å²) in [5, 5.41) is 0.138. The van der Waals surface area contributed by atoms with E-state index in [-0.39, 0.29) is 46.0 Å². The average Bonchev–Trinajstić information content (AvgIpc) is 2.82. The van der Waals surface area contributed by atoms with Gasteiger partial charge in [0.05, 0.1) is 9.73 Å². The summed E-state index contributed by atoms with van der Waals surface area (Å²) in [7, 11) is -0.417. The summed E-state index contributed by atoms with van der Waals surface area (Å²) in [6, 6.07) is 0. The van der Waals surface area contributed by atoms with Crippen LogP contribution < -0.4 is 0 Å². The summed E-state index contributed by atoms with van der Waals surface area (Å²) in [6.45, 7) is 2.33. The minimum Gasteiger partial charge on any atom is -0.121 e. The van der Waals surface area contributed by atoms with E-state index in [0.717, 1.165) is 22.6 Å². The normalized spacial score (nSPS) is 26.9. The van der Waals surface area contributed by atoms with E-state index >= 15 is 0 Å². The third-order valence-corrected chi connectivity index (χ3v) is 20.2. The Bertz CT molecular complexity index is 446. The predicted octanol–water partition coefficient (Wildman–Crippen LogP) is 10.8. The molecule has 32 heavy (non-hydrogen) atoms. The Morgan fingerprint density at radius 2 is 0.750 bits per heavy atom. The van der Waals surface area contributed by atoms with E-state index in [9.17, 15) is 0 Å². The molecule has 0 aliphatic heterocycles. The van der Waals surface area contributed by atoms with E-state index in [0.29, 0.717) is 0 Å². The summed E-state index contributed by atoms with van der Waals surface area (Å²) >= 11 is 15.6. The first-order valence-corrected chi connectivity index (χ1v) is 17.8. The molecule has 5 heteroatoms. The van der Waals surface area contributed by atoms with Gasteiger partial charge in [-0.3, -0.25) is 0 Å². The summed E-state index contributed by atoms with van der Waals surface area (Å²) in [5.74, 6) is 0. The number of alkyl halides is 2. The van der Waals surface area contributed by atoms with Crippen LogP contribution in [0.3, 0.4) is 0 Å². The summed E-state index contributed by atoms with van der Waals surface area (Å²) in [4.78, 5) is 0. The van der Waals surface area contributed by atoms with Crippen molar-refractivity contribution in [2.45, 2.75) is 168 Å². The molecule has 0 amide bonds. The quantitative estimate of drug-likeness (QED) is 0.153. The summed E-state index contributed by atoms with van der Waals surface area (Å²) in [6.07, 6.45) is 29.1. The average molecular weight is 612 g/mol. The van der Waals surface area contributed by atoms with Gasteiger partial charge in [-0.2, -0.15) is 0 Å². The molecular formula is C27H48Cl2P2Pd+2. The monoisotopic (exact) mass is 610 g/mol. The molecule has 0 N–H and O–H groups in total. The zero-order valence-electron chi connectivity index (χ0n) is 20.5. The zero-order valence-corrected chi connectivity index (χ0v) is 25.4. The first kappa shape index (κ1) is 28.7. The Kier molecular flexibility index (Phi) is 12.7. The molecule has 1 atom stereocenters. The van der Waals surface area contributed by atoms with Gasteiger partial charge in [0.1, 0.15) is 0 Å². The molecule has 0 saturated heterocycles. The van der Waals surface area contributed by atoms with Gasteiger partial charge in [-0.1, -0.05) is 92.9 Å². The second kappa shape index (κ2) is 14.1. The second-order valence-corrected chi connectivity index (χ2v) is 19.3. The molecule has 188 valence electrons. The molecule has 0 radical (unpaired) electrons. The molecule has 4 aliphatic carbocycles. The van der Waals surface area contributed by atoms with E-state index in [1.807, 2.05) is 0 Å². The number of rotatable bonds is 7. The van der Waals surface area contributed by atoms with Gasteiger partial charge in [-0.15, -0.1) is 23.2 Å².